The smallest absolute Gasteiger partial charge is 0.0143 e. The molecule has 1 aliphatic carbocycles. The Hall–Kier alpha value is 0.0900. The van der Waals surface area contributed by atoms with Gasteiger partial charge in [-0.15, -0.1) is 0 Å². The van der Waals surface area contributed by atoms with Crippen molar-refractivity contribution in [1.29, 1.82) is 0 Å². The van der Waals surface area contributed by atoms with Gasteiger partial charge in [-0.05, 0) is 49.7 Å². The fourth-order valence-electron chi connectivity index (χ4n) is 2.45. The Balaban J connectivity index is 2.39. The van der Waals surface area contributed by atoms with E-state index in [0.717, 1.165) is 11.8 Å². The van der Waals surface area contributed by atoms with Gasteiger partial charge in [0.05, 0.1) is 0 Å². The van der Waals surface area contributed by atoms with Gasteiger partial charge in [-0.3, -0.25) is 0 Å². The van der Waals surface area contributed by atoms with Crippen LogP contribution in [0.15, 0.2) is 11.1 Å². The summed E-state index contributed by atoms with van der Waals surface area (Å²) in [5.41, 5.74) is 3.86. The molecule has 1 aliphatic rings. The van der Waals surface area contributed by atoms with Crippen LogP contribution in [0.1, 0.15) is 54.4 Å². The third kappa shape index (κ3) is 3.29. The summed E-state index contributed by atoms with van der Waals surface area (Å²) in [5.74, 6) is 4.38. The van der Waals surface area contributed by atoms with Crippen LogP contribution in [0.5, 0.6) is 0 Å². The Labute approximate surface area is 106 Å². The maximum atomic E-state index is 2.41. The molecule has 0 bridgehead atoms. The van der Waals surface area contributed by atoms with Crippen LogP contribution in [-0.4, -0.2) is 11.5 Å². The second-order valence-corrected chi connectivity index (χ2v) is 7.14. The Bertz CT molecular complexity index is 263. The lowest BCUT2D eigenvalue weighted by Crippen LogP contribution is -1.95. The summed E-state index contributed by atoms with van der Waals surface area (Å²) in [5, 5.41) is 0. The standard InChI is InChI=1S/C15H28S/c1-7-8-16-10-12(3)11(2)9-14-13(4)15(14,5)6/h13-14H,7-10H2,1-6H3. The molecule has 2 unspecified atom stereocenters. The normalized spacial score (nSPS) is 28.9. The number of thioether (sulfide) groups is 1. The highest BCUT2D eigenvalue weighted by molar-refractivity contribution is 7.99. The molecule has 0 radical (unpaired) electrons. The highest BCUT2D eigenvalue weighted by atomic mass is 32.2. The van der Waals surface area contributed by atoms with Gasteiger partial charge < -0.3 is 0 Å². The van der Waals surface area contributed by atoms with Crippen LogP contribution in [0.4, 0.5) is 0 Å². The molecule has 0 N–H and O–H groups in total. The Morgan fingerprint density at radius 1 is 1.19 bits per heavy atom. The first-order chi connectivity index (χ1) is 7.41. The van der Waals surface area contributed by atoms with E-state index in [9.17, 15) is 0 Å². The molecule has 16 heavy (non-hydrogen) atoms. The first-order valence-corrected chi connectivity index (χ1v) is 7.79. The zero-order valence-corrected chi connectivity index (χ0v) is 12.7. The van der Waals surface area contributed by atoms with Crippen molar-refractivity contribution < 1.29 is 0 Å². The van der Waals surface area contributed by atoms with E-state index in [1.165, 1.54) is 24.3 Å². The van der Waals surface area contributed by atoms with Gasteiger partial charge in [-0.2, -0.15) is 11.8 Å². The van der Waals surface area contributed by atoms with Gasteiger partial charge in [-0.1, -0.05) is 38.8 Å². The Morgan fingerprint density at radius 3 is 2.19 bits per heavy atom. The third-order valence-corrected chi connectivity index (χ3v) is 5.88. The minimum Gasteiger partial charge on any atom is -0.158 e. The van der Waals surface area contributed by atoms with Gasteiger partial charge in [0.15, 0.2) is 0 Å². The van der Waals surface area contributed by atoms with E-state index in [1.54, 1.807) is 11.1 Å². The van der Waals surface area contributed by atoms with Gasteiger partial charge in [-0.25, -0.2) is 0 Å². The number of hydrogen-bond acceptors (Lipinski definition) is 1. The van der Waals surface area contributed by atoms with E-state index in [0.29, 0.717) is 5.41 Å². The van der Waals surface area contributed by atoms with Crippen molar-refractivity contribution in [2.75, 3.05) is 11.5 Å². The monoisotopic (exact) mass is 240 g/mol. The lowest BCUT2D eigenvalue weighted by atomic mass is 10.0. The van der Waals surface area contributed by atoms with Crippen LogP contribution in [0.3, 0.4) is 0 Å². The summed E-state index contributed by atoms with van der Waals surface area (Å²) in [6.07, 6.45) is 2.62. The molecule has 0 nitrogen and oxygen atoms in total. The molecule has 1 heteroatoms. The second kappa shape index (κ2) is 5.62. The minimum atomic E-state index is 0.595. The SMILES string of the molecule is CCCSCC(C)=C(C)CC1C(C)C1(C)C. The maximum Gasteiger partial charge on any atom is 0.0143 e. The molecule has 1 fully saturated rings. The van der Waals surface area contributed by atoms with Crippen LogP contribution >= 0.6 is 11.8 Å². The van der Waals surface area contributed by atoms with Crippen molar-refractivity contribution in [2.45, 2.75) is 54.4 Å². The van der Waals surface area contributed by atoms with E-state index >= 15 is 0 Å². The lowest BCUT2D eigenvalue weighted by molar-refractivity contribution is 0.541. The molecule has 0 spiro atoms. The van der Waals surface area contributed by atoms with Crippen LogP contribution in [0.25, 0.3) is 0 Å². The predicted octanol–water partition coefficient (Wildman–Crippen LogP) is 5.15. The number of hydrogen-bond donors (Lipinski definition) is 0. The average Bonchev–Trinajstić information content (AvgIpc) is 2.68. The summed E-state index contributed by atoms with van der Waals surface area (Å²) in [4.78, 5) is 0. The van der Waals surface area contributed by atoms with Crippen LogP contribution < -0.4 is 0 Å². The number of allylic oxidation sites excluding steroid dienone is 1. The Morgan fingerprint density at radius 2 is 1.75 bits per heavy atom. The molecule has 0 saturated heterocycles. The minimum absolute atomic E-state index is 0.595. The first kappa shape index (κ1) is 14.2. The first-order valence-electron chi connectivity index (χ1n) is 6.64. The molecule has 0 aromatic rings. The van der Waals surface area contributed by atoms with Crippen LogP contribution in [-0.2, 0) is 0 Å². The van der Waals surface area contributed by atoms with E-state index in [4.69, 9.17) is 0 Å². The van der Waals surface area contributed by atoms with Gasteiger partial charge in [0, 0.05) is 5.75 Å². The highest BCUT2D eigenvalue weighted by Crippen LogP contribution is 2.60. The summed E-state index contributed by atoms with van der Waals surface area (Å²) >= 11 is 2.08. The molecule has 0 aromatic heterocycles. The lowest BCUT2D eigenvalue weighted by Gasteiger charge is -2.08. The zero-order chi connectivity index (χ0) is 12.3. The van der Waals surface area contributed by atoms with Gasteiger partial charge in [0.25, 0.3) is 0 Å². The fourth-order valence-corrected chi connectivity index (χ4v) is 3.44. The van der Waals surface area contributed by atoms with Crippen molar-refractivity contribution >= 4 is 11.8 Å². The molecule has 0 aromatic carbocycles. The molecular weight excluding hydrogens is 212 g/mol. The molecule has 0 aliphatic heterocycles. The summed E-state index contributed by atoms with van der Waals surface area (Å²) in [7, 11) is 0. The topological polar surface area (TPSA) is 0 Å². The van der Waals surface area contributed by atoms with Crippen molar-refractivity contribution in [2.24, 2.45) is 17.3 Å². The highest BCUT2D eigenvalue weighted by Gasteiger charge is 2.53. The third-order valence-electron chi connectivity index (χ3n) is 4.55. The van der Waals surface area contributed by atoms with Crippen molar-refractivity contribution in [3.05, 3.63) is 11.1 Å². The molecule has 1 saturated carbocycles. The van der Waals surface area contributed by atoms with E-state index in [1.807, 2.05) is 0 Å². The van der Waals surface area contributed by atoms with Crippen molar-refractivity contribution in [1.82, 2.24) is 0 Å². The van der Waals surface area contributed by atoms with E-state index < -0.39 is 0 Å². The molecule has 0 heterocycles. The quantitative estimate of drug-likeness (QED) is 0.457. The van der Waals surface area contributed by atoms with E-state index in [2.05, 4.69) is 53.3 Å². The molecular formula is C15H28S. The van der Waals surface area contributed by atoms with Crippen molar-refractivity contribution in [3.63, 3.8) is 0 Å². The maximum absolute atomic E-state index is 2.41. The van der Waals surface area contributed by atoms with Gasteiger partial charge in [0.1, 0.15) is 0 Å². The largest absolute Gasteiger partial charge is 0.158 e. The molecule has 0 amide bonds. The second-order valence-electron chi connectivity index (χ2n) is 6.03. The Kier molecular flexibility index (Phi) is 4.97. The molecule has 94 valence electrons. The predicted molar refractivity (Wildman–Crippen MR) is 77.0 cm³/mol. The van der Waals surface area contributed by atoms with Gasteiger partial charge in [0.2, 0.25) is 0 Å². The summed E-state index contributed by atoms with van der Waals surface area (Å²) < 4.78 is 0. The van der Waals surface area contributed by atoms with Crippen molar-refractivity contribution in [3.8, 4) is 0 Å². The zero-order valence-electron chi connectivity index (χ0n) is 11.9. The van der Waals surface area contributed by atoms with Crippen LogP contribution in [0.2, 0.25) is 0 Å². The van der Waals surface area contributed by atoms with E-state index in [-0.39, 0.29) is 0 Å². The number of rotatable bonds is 6. The summed E-state index contributed by atoms with van der Waals surface area (Å²) in [6.45, 7) is 14.1. The average molecular weight is 240 g/mol. The van der Waals surface area contributed by atoms with Crippen LogP contribution in [0, 0.1) is 17.3 Å². The molecule has 2 atom stereocenters. The fraction of sp³-hybridized carbons (Fsp3) is 0.867. The van der Waals surface area contributed by atoms with Gasteiger partial charge >= 0.3 is 0 Å². The summed E-state index contributed by atoms with van der Waals surface area (Å²) in [6, 6.07) is 0. The molecule has 1 rings (SSSR count).